The van der Waals surface area contributed by atoms with E-state index in [0.717, 1.165) is 11.1 Å². The Morgan fingerprint density at radius 3 is 2.33 bits per heavy atom. The van der Waals surface area contributed by atoms with Gasteiger partial charge >= 0.3 is 0 Å². The van der Waals surface area contributed by atoms with Crippen molar-refractivity contribution < 1.29 is 9.90 Å². The van der Waals surface area contributed by atoms with Gasteiger partial charge in [-0.25, -0.2) is 0 Å². The normalized spacial score (nSPS) is 9.92. The molecule has 64 valence electrons. The highest BCUT2D eigenvalue weighted by Crippen LogP contribution is 2.23. The lowest BCUT2D eigenvalue weighted by atomic mass is 10.00. The topological polar surface area (TPSA) is 37.3 Å². The minimum absolute atomic E-state index is 0.0746. The van der Waals surface area contributed by atoms with Crippen LogP contribution in [-0.4, -0.2) is 10.9 Å². The molecule has 0 aromatic heterocycles. The second-order valence-electron chi connectivity index (χ2n) is 2.96. The van der Waals surface area contributed by atoms with Crippen LogP contribution in [-0.2, 0) is 0 Å². The number of ketones is 1. The number of rotatable bonds is 1. The van der Waals surface area contributed by atoms with Crippen LogP contribution < -0.4 is 0 Å². The predicted octanol–water partition coefficient (Wildman–Crippen LogP) is 2.21. The number of aromatic hydroxyl groups is 1. The molecular weight excluding hydrogens is 152 g/mol. The van der Waals surface area contributed by atoms with Crippen LogP contribution in [0, 0.1) is 13.8 Å². The largest absolute Gasteiger partial charge is 0.507 e. The van der Waals surface area contributed by atoms with Crippen LogP contribution in [0.1, 0.15) is 28.4 Å². The molecule has 0 spiro atoms. The first kappa shape index (κ1) is 8.78. The van der Waals surface area contributed by atoms with E-state index in [-0.39, 0.29) is 11.5 Å². The standard InChI is InChI=1S/C10H12O2/c1-6-4-5-9(12)10(7(6)2)8(3)11/h4-5,12H,1-3H3. The number of phenolic OH excluding ortho intramolecular Hbond substituents is 1. The summed E-state index contributed by atoms with van der Waals surface area (Å²) in [6.45, 7) is 5.22. The molecule has 0 radical (unpaired) electrons. The molecule has 1 rings (SSSR count). The summed E-state index contributed by atoms with van der Waals surface area (Å²) in [5.41, 5.74) is 2.33. The summed E-state index contributed by atoms with van der Waals surface area (Å²) in [5, 5.41) is 9.37. The molecule has 0 aliphatic carbocycles. The molecule has 0 atom stereocenters. The quantitative estimate of drug-likeness (QED) is 0.646. The highest BCUT2D eigenvalue weighted by Gasteiger charge is 2.10. The Balaban J connectivity index is 3.43. The van der Waals surface area contributed by atoms with Crippen LogP contribution in [0.15, 0.2) is 12.1 Å². The van der Waals surface area contributed by atoms with Gasteiger partial charge in [-0.1, -0.05) is 6.07 Å². The minimum Gasteiger partial charge on any atom is -0.507 e. The van der Waals surface area contributed by atoms with Crippen LogP contribution in [0.4, 0.5) is 0 Å². The van der Waals surface area contributed by atoms with Crippen molar-refractivity contribution in [1.29, 1.82) is 0 Å². The molecule has 2 heteroatoms. The second kappa shape index (κ2) is 2.97. The fourth-order valence-electron chi connectivity index (χ4n) is 1.25. The van der Waals surface area contributed by atoms with Gasteiger partial charge in [0.2, 0.25) is 0 Å². The van der Waals surface area contributed by atoms with Crippen molar-refractivity contribution in [1.82, 2.24) is 0 Å². The molecule has 0 saturated carbocycles. The van der Waals surface area contributed by atoms with E-state index < -0.39 is 0 Å². The van der Waals surface area contributed by atoms with Gasteiger partial charge in [-0.05, 0) is 38.0 Å². The first-order valence-electron chi connectivity index (χ1n) is 3.84. The van der Waals surface area contributed by atoms with Gasteiger partial charge in [0.15, 0.2) is 5.78 Å². The molecular formula is C10H12O2. The van der Waals surface area contributed by atoms with Crippen molar-refractivity contribution in [2.75, 3.05) is 0 Å². The van der Waals surface area contributed by atoms with Crippen molar-refractivity contribution >= 4 is 5.78 Å². The van der Waals surface area contributed by atoms with Crippen LogP contribution >= 0.6 is 0 Å². The maximum absolute atomic E-state index is 11.1. The smallest absolute Gasteiger partial charge is 0.163 e. The van der Waals surface area contributed by atoms with E-state index in [2.05, 4.69) is 0 Å². The van der Waals surface area contributed by atoms with E-state index >= 15 is 0 Å². The Hall–Kier alpha value is -1.31. The molecule has 0 amide bonds. The number of phenols is 1. The third kappa shape index (κ3) is 1.33. The second-order valence-corrected chi connectivity index (χ2v) is 2.96. The summed E-state index contributed by atoms with van der Waals surface area (Å²) in [6.07, 6.45) is 0. The zero-order valence-corrected chi connectivity index (χ0v) is 7.51. The molecule has 0 bridgehead atoms. The van der Waals surface area contributed by atoms with Gasteiger partial charge < -0.3 is 5.11 Å². The van der Waals surface area contributed by atoms with Crippen molar-refractivity contribution in [3.05, 3.63) is 28.8 Å². The number of aryl methyl sites for hydroxylation is 1. The monoisotopic (exact) mass is 164 g/mol. The summed E-state index contributed by atoms with van der Waals surface area (Å²) in [4.78, 5) is 11.1. The molecule has 1 aromatic rings. The van der Waals surface area contributed by atoms with Crippen molar-refractivity contribution in [2.24, 2.45) is 0 Å². The Kier molecular flexibility index (Phi) is 2.18. The molecule has 2 nitrogen and oxygen atoms in total. The van der Waals surface area contributed by atoms with Gasteiger partial charge in [-0.3, -0.25) is 4.79 Å². The summed E-state index contributed by atoms with van der Waals surface area (Å²) in [5.74, 6) is -0.0145. The zero-order chi connectivity index (χ0) is 9.30. The van der Waals surface area contributed by atoms with Crippen molar-refractivity contribution in [3.63, 3.8) is 0 Å². The number of carbonyl (C=O) groups is 1. The molecule has 12 heavy (non-hydrogen) atoms. The minimum atomic E-state index is -0.0892. The van der Waals surface area contributed by atoms with Gasteiger partial charge in [0.25, 0.3) is 0 Å². The Bertz CT molecular complexity index is 327. The van der Waals surface area contributed by atoms with Crippen LogP contribution in [0.25, 0.3) is 0 Å². The van der Waals surface area contributed by atoms with Gasteiger partial charge in [-0.15, -0.1) is 0 Å². The zero-order valence-electron chi connectivity index (χ0n) is 7.51. The molecule has 1 N–H and O–H groups in total. The molecule has 0 fully saturated rings. The SMILES string of the molecule is CC(=O)c1c(O)ccc(C)c1C. The van der Waals surface area contributed by atoms with Crippen molar-refractivity contribution in [3.8, 4) is 5.75 Å². The summed E-state index contributed by atoms with van der Waals surface area (Å²) < 4.78 is 0. The number of hydrogen-bond donors (Lipinski definition) is 1. The molecule has 0 saturated heterocycles. The van der Waals surface area contributed by atoms with Gasteiger partial charge in [0.1, 0.15) is 5.75 Å². The summed E-state index contributed by atoms with van der Waals surface area (Å²) in [6, 6.07) is 3.36. The fraction of sp³-hybridized carbons (Fsp3) is 0.300. The van der Waals surface area contributed by atoms with E-state index in [9.17, 15) is 9.90 Å². The van der Waals surface area contributed by atoms with Crippen LogP contribution in [0.3, 0.4) is 0 Å². The van der Waals surface area contributed by atoms with Gasteiger partial charge in [0.05, 0.1) is 5.56 Å². The maximum atomic E-state index is 11.1. The molecule has 0 aliphatic rings. The highest BCUT2D eigenvalue weighted by molar-refractivity contribution is 5.98. The summed E-state index contributed by atoms with van der Waals surface area (Å²) in [7, 11) is 0. The van der Waals surface area contributed by atoms with E-state index in [4.69, 9.17) is 0 Å². The first-order chi connectivity index (χ1) is 5.54. The fourth-order valence-corrected chi connectivity index (χ4v) is 1.25. The number of benzene rings is 1. The lowest BCUT2D eigenvalue weighted by Crippen LogP contribution is -1.98. The average molecular weight is 164 g/mol. The van der Waals surface area contributed by atoms with E-state index in [1.807, 2.05) is 13.8 Å². The van der Waals surface area contributed by atoms with Gasteiger partial charge in [0, 0.05) is 0 Å². The maximum Gasteiger partial charge on any atom is 0.163 e. The molecule has 0 aliphatic heterocycles. The van der Waals surface area contributed by atoms with Crippen molar-refractivity contribution in [2.45, 2.75) is 20.8 Å². The predicted molar refractivity (Wildman–Crippen MR) is 47.6 cm³/mol. The Morgan fingerprint density at radius 2 is 1.92 bits per heavy atom. The number of hydrogen-bond acceptors (Lipinski definition) is 2. The first-order valence-corrected chi connectivity index (χ1v) is 3.84. The Labute approximate surface area is 71.8 Å². The Morgan fingerprint density at radius 1 is 1.33 bits per heavy atom. The van der Waals surface area contributed by atoms with Gasteiger partial charge in [-0.2, -0.15) is 0 Å². The number of Topliss-reactive ketones (excluding diaryl/α,β-unsaturated/α-hetero) is 1. The average Bonchev–Trinajstić information content (AvgIpc) is 1.97. The molecule has 0 heterocycles. The summed E-state index contributed by atoms with van der Waals surface area (Å²) >= 11 is 0. The van der Waals surface area contributed by atoms with E-state index in [1.165, 1.54) is 6.92 Å². The highest BCUT2D eigenvalue weighted by atomic mass is 16.3. The molecule has 1 aromatic carbocycles. The molecule has 0 unspecified atom stereocenters. The van der Waals surface area contributed by atoms with Crippen LogP contribution in [0.5, 0.6) is 5.75 Å². The van der Waals surface area contributed by atoms with E-state index in [1.54, 1.807) is 12.1 Å². The van der Waals surface area contributed by atoms with E-state index in [0.29, 0.717) is 5.56 Å². The van der Waals surface area contributed by atoms with Crippen LogP contribution in [0.2, 0.25) is 0 Å². The number of carbonyl (C=O) groups excluding carboxylic acids is 1. The third-order valence-electron chi connectivity index (χ3n) is 2.07. The lowest BCUT2D eigenvalue weighted by Gasteiger charge is -2.06. The lowest BCUT2D eigenvalue weighted by molar-refractivity contribution is 0.101. The third-order valence-corrected chi connectivity index (χ3v) is 2.07.